The van der Waals surface area contributed by atoms with Crippen LogP contribution in [0.1, 0.15) is 49.5 Å². The van der Waals surface area contributed by atoms with Crippen LogP contribution in [0.5, 0.6) is 5.75 Å². The van der Waals surface area contributed by atoms with E-state index in [-0.39, 0.29) is 42.2 Å². The number of ether oxygens (including phenoxy) is 1. The number of aromatic nitrogens is 2. The Labute approximate surface area is 186 Å². The van der Waals surface area contributed by atoms with Crippen molar-refractivity contribution in [1.29, 1.82) is 0 Å². The molecule has 0 saturated carbocycles. The lowest BCUT2D eigenvalue weighted by atomic mass is 10.1. The Kier molecular flexibility index (Phi) is 10.8. The van der Waals surface area contributed by atoms with Crippen LogP contribution in [0.4, 0.5) is 8.78 Å². The minimum Gasteiger partial charge on any atom is -0.434 e. The third-order valence-corrected chi connectivity index (χ3v) is 3.82. The second-order valence-electron chi connectivity index (χ2n) is 6.56. The average molecular weight is 523 g/mol. The fraction of sp³-hybridized carbons (Fsp3) is 0.526. The number of hydrogen-bond donors (Lipinski definition) is 2. The van der Waals surface area contributed by atoms with Gasteiger partial charge in [0, 0.05) is 31.0 Å². The Bertz CT molecular complexity index is 784. The highest BCUT2D eigenvalue weighted by Crippen LogP contribution is 2.22. The first-order valence-corrected chi connectivity index (χ1v) is 9.28. The fourth-order valence-corrected chi connectivity index (χ4v) is 2.44. The van der Waals surface area contributed by atoms with Crippen molar-refractivity contribution in [2.24, 2.45) is 4.99 Å². The number of halogens is 3. The largest absolute Gasteiger partial charge is 0.434 e. The van der Waals surface area contributed by atoms with Gasteiger partial charge in [-0.3, -0.25) is 0 Å². The van der Waals surface area contributed by atoms with Crippen molar-refractivity contribution in [3.8, 4) is 5.75 Å². The highest BCUT2D eigenvalue weighted by atomic mass is 127. The van der Waals surface area contributed by atoms with Crippen LogP contribution in [0.25, 0.3) is 0 Å². The number of rotatable bonds is 9. The second-order valence-corrected chi connectivity index (χ2v) is 6.56. The van der Waals surface area contributed by atoms with Gasteiger partial charge in [0.2, 0.25) is 5.89 Å². The number of aryl methyl sites for hydroxylation is 1. The summed E-state index contributed by atoms with van der Waals surface area (Å²) in [6.45, 7) is 6.37. The summed E-state index contributed by atoms with van der Waals surface area (Å²) >= 11 is 0. The van der Waals surface area contributed by atoms with Gasteiger partial charge in [0.05, 0.1) is 6.54 Å². The molecule has 1 aromatic carbocycles. The zero-order chi connectivity index (χ0) is 20.5. The first-order valence-electron chi connectivity index (χ1n) is 9.28. The highest BCUT2D eigenvalue weighted by molar-refractivity contribution is 14.0. The van der Waals surface area contributed by atoms with Crippen LogP contribution in [0.3, 0.4) is 0 Å². The molecule has 0 aliphatic heterocycles. The molecule has 162 valence electrons. The number of nitrogens with zero attached hydrogens (tertiary/aromatic N) is 3. The summed E-state index contributed by atoms with van der Waals surface area (Å²) in [4.78, 5) is 8.79. The summed E-state index contributed by atoms with van der Waals surface area (Å²) < 4.78 is 35.0. The smallest absolute Gasteiger partial charge is 0.387 e. The quantitative estimate of drug-likeness (QED) is 0.294. The van der Waals surface area contributed by atoms with Crippen LogP contribution in [-0.2, 0) is 13.0 Å². The van der Waals surface area contributed by atoms with Gasteiger partial charge >= 0.3 is 6.61 Å². The van der Waals surface area contributed by atoms with E-state index in [9.17, 15) is 8.78 Å². The predicted molar refractivity (Wildman–Crippen MR) is 118 cm³/mol. The van der Waals surface area contributed by atoms with Crippen molar-refractivity contribution in [2.45, 2.75) is 53.2 Å². The molecule has 0 radical (unpaired) electrons. The normalized spacial score (nSPS) is 11.5. The predicted octanol–water partition coefficient (Wildman–Crippen LogP) is 4.02. The molecule has 0 atom stereocenters. The van der Waals surface area contributed by atoms with Crippen molar-refractivity contribution in [3.05, 3.63) is 41.0 Å². The van der Waals surface area contributed by atoms with E-state index in [2.05, 4.69) is 30.5 Å². The first kappa shape index (κ1) is 25.1. The van der Waals surface area contributed by atoms with Crippen molar-refractivity contribution in [2.75, 3.05) is 13.1 Å². The maximum atomic E-state index is 12.6. The maximum absolute atomic E-state index is 12.6. The van der Waals surface area contributed by atoms with Crippen LogP contribution < -0.4 is 15.4 Å². The fourth-order valence-electron chi connectivity index (χ4n) is 2.44. The zero-order valence-corrected chi connectivity index (χ0v) is 19.4. The van der Waals surface area contributed by atoms with Crippen molar-refractivity contribution in [1.82, 2.24) is 20.8 Å². The Hall–Kier alpha value is -1.98. The summed E-state index contributed by atoms with van der Waals surface area (Å²) in [5.74, 6) is 2.14. The van der Waals surface area contributed by atoms with Crippen molar-refractivity contribution in [3.63, 3.8) is 0 Å². The monoisotopic (exact) mass is 523 g/mol. The molecular formula is C19H28F2IN5O2. The molecule has 29 heavy (non-hydrogen) atoms. The summed E-state index contributed by atoms with van der Waals surface area (Å²) in [5, 5.41) is 10.2. The lowest BCUT2D eigenvalue weighted by molar-refractivity contribution is -0.0504. The molecule has 2 aromatic rings. The third kappa shape index (κ3) is 8.50. The van der Waals surface area contributed by atoms with Crippen molar-refractivity contribution < 1.29 is 18.0 Å². The lowest BCUT2D eigenvalue weighted by Gasteiger charge is -2.13. The van der Waals surface area contributed by atoms with Crippen LogP contribution >= 0.6 is 24.0 Å². The van der Waals surface area contributed by atoms with Gasteiger partial charge in [-0.05, 0) is 19.9 Å². The number of hydrogen-bond acceptors (Lipinski definition) is 5. The molecule has 2 N–H and O–H groups in total. The van der Waals surface area contributed by atoms with E-state index >= 15 is 0 Å². The second kappa shape index (κ2) is 12.6. The number of alkyl halides is 2. The minimum atomic E-state index is -2.87. The van der Waals surface area contributed by atoms with Gasteiger partial charge in [0.25, 0.3) is 0 Å². The minimum absolute atomic E-state index is 0. The Morgan fingerprint density at radius 3 is 2.66 bits per heavy atom. The van der Waals surface area contributed by atoms with Gasteiger partial charge in [-0.25, -0.2) is 4.99 Å². The Morgan fingerprint density at radius 1 is 1.28 bits per heavy atom. The van der Waals surface area contributed by atoms with E-state index < -0.39 is 6.61 Å². The van der Waals surface area contributed by atoms with E-state index in [4.69, 9.17) is 4.52 Å². The molecule has 1 aromatic heterocycles. The number of benzene rings is 1. The molecule has 0 aliphatic carbocycles. The van der Waals surface area contributed by atoms with Crippen LogP contribution in [0, 0.1) is 6.92 Å². The molecule has 0 fully saturated rings. The lowest BCUT2D eigenvalue weighted by Crippen LogP contribution is -2.38. The standard InChI is InChI=1S/C19H27F2N5O2.HI/c1-5-22-19(23-9-8-16-25-17(12(2)3)26-28-16)24-11-14-10-13(4)6-7-15(14)27-18(20)21;/h6-7,10,12,18H,5,8-9,11H2,1-4H3,(H2,22,23,24);1H. The number of nitrogens with one attached hydrogen (secondary N) is 2. The van der Waals surface area contributed by atoms with Gasteiger partial charge in [0.15, 0.2) is 11.8 Å². The van der Waals surface area contributed by atoms with E-state index in [1.807, 2.05) is 27.7 Å². The van der Waals surface area contributed by atoms with Gasteiger partial charge < -0.3 is 19.9 Å². The molecule has 1 heterocycles. The molecule has 0 saturated heterocycles. The van der Waals surface area contributed by atoms with E-state index in [0.29, 0.717) is 42.7 Å². The Balaban J connectivity index is 0.00000420. The molecule has 0 amide bonds. The number of aliphatic imine (C=N–C) groups is 1. The number of guanidine groups is 1. The van der Waals surface area contributed by atoms with E-state index in [0.717, 1.165) is 5.56 Å². The molecule has 0 bridgehead atoms. The van der Waals surface area contributed by atoms with Gasteiger partial charge in [-0.2, -0.15) is 13.8 Å². The summed E-state index contributed by atoms with van der Waals surface area (Å²) in [6, 6.07) is 5.05. The van der Waals surface area contributed by atoms with Gasteiger partial charge in [0.1, 0.15) is 5.75 Å². The summed E-state index contributed by atoms with van der Waals surface area (Å²) in [7, 11) is 0. The van der Waals surface area contributed by atoms with E-state index in [1.54, 1.807) is 12.1 Å². The Morgan fingerprint density at radius 2 is 2.03 bits per heavy atom. The molecule has 7 nitrogen and oxygen atoms in total. The summed E-state index contributed by atoms with van der Waals surface area (Å²) in [6.07, 6.45) is 0.550. The van der Waals surface area contributed by atoms with Gasteiger partial charge in [-0.15, -0.1) is 24.0 Å². The molecule has 0 spiro atoms. The summed E-state index contributed by atoms with van der Waals surface area (Å²) in [5.41, 5.74) is 1.54. The molecule has 0 aliphatic rings. The van der Waals surface area contributed by atoms with Crippen LogP contribution in [0.2, 0.25) is 0 Å². The highest BCUT2D eigenvalue weighted by Gasteiger charge is 2.11. The molecule has 2 rings (SSSR count). The van der Waals surface area contributed by atoms with Crippen LogP contribution in [-0.4, -0.2) is 35.8 Å². The third-order valence-electron chi connectivity index (χ3n) is 3.82. The zero-order valence-electron chi connectivity index (χ0n) is 17.0. The average Bonchev–Trinajstić information content (AvgIpc) is 3.10. The molecule has 0 unspecified atom stereocenters. The molecule has 10 heteroatoms. The first-order chi connectivity index (χ1) is 13.4. The SMILES string of the molecule is CCNC(=NCc1cc(C)ccc1OC(F)F)NCCc1nc(C(C)C)no1.I. The maximum Gasteiger partial charge on any atom is 0.387 e. The van der Waals surface area contributed by atoms with Crippen LogP contribution in [0.15, 0.2) is 27.7 Å². The van der Waals surface area contributed by atoms with Crippen molar-refractivity contribution >= 4 is 29.9 Å². The topological polar surface area (TPSA) is 84.6 Å². The van der Waals surface area contributed by atoms with E-state index in [1.165, 1.54) is 6.07 Å². The molecular weight excluding hydrogens is 495 g/mol. The van der Waals surface area contributed by atoms with Gasteiger partial charge in [-0.1, -0.05) is 36.7 Å².